The number of benzene rings is 2. The van der Waals surface area contributed by atoms with Gasteiger partial charge < -0.3 is 14.9 Å². The maximum Gasteiger partial charge on any atom is 0.314 e. The molecule has 0 bridgehead atoms. The monoisotopic (exact) mass is 434 g/mol. The van der Waals surface area contributed by atoms with Crippen LogP contribution in [0.2, 0.25) is 0 Å². The van der Waals surface area contributed by atoms with Gasteiger partial charge in [-0.05, 0) is 17.7 Å². The first-order valence-corrected chi connectivity index (χ1v) is 9.51. The van der Waals surface area contributed by atoms with Crippen molar-refractivity contribution in [3.63, 3.8) is 0 Å². The number of tetrazole rings is 1. The van der Waals surface area contributed by atoms with Gasteiger partial charge in [-0.1, -0.05) is 18.2 Å². The minimum absolute atomic E-state index is 0.00884. The van der Waals surface area contributed by atoms with Crippen LogP contribution in [0.5, 0.6) is 0 Å². The number of amides is 1. The molecule has 3 N–H and O–H groups in total. The fourth-order valence-corrected chi connectivity index (χ4v) is 3.97. The van der Waals surface area contributed by atoms with Gasteiger partial charge in [-0.15, -0.1) is 10.2 Å². The molecule has 0 saturated heterocycles. The Morgan fingerprint density at radius 3 is 2.66 bits per heavy atom. The number of nitro benzene ring substituents is 1. The Hall–Kier alpha value is -4.68. The van der Waals surface area contributed by atoms with Crippen LogP contribution in [0.4, 0.5) is 5.69 Å². The van der Waals surface area contributed by atoms with E-state index in [2.05, 4.69) is 30.6 Å². The van der Waals surface area contributed by atoms with Crippen molar-refractivity contribution < 1.29 is 9.72 Å². The van der Waals surface area contributed by atoms with Crippen molar-refractivity contribution in [2.24, 2.45) is 0 Å². The summed E-state index contributed by atoms with van der Waals surface area (Å²) in [7, 11) is 0. The molecule has 0 atom stereocenters. The van der Waals surface area contributed by atoms with Crippen molar-refractivity contribution in [1.82, 2.24) is 35.5 Å². The van der Waals surface area contributed by atoms with Gasteiger partial charge in [0.2, 0.25) is 5.82 Å². The number of fused-ring (bicyclic) bond motifs is 3. The summed E-state index contributed by atoms with van der Waals surface area (Å²) in [5.74, 6) is -0.0724. The van der Waals surface area contributed by atoms with Crippen molar-refractivity contribution in [3.05, 3.63) is 77.8 Å². The first-order valence-electron chi connectivity index (χ1n) is 9.51. The zero-order valence-corrected chi connectivity index (χ0v) is 16.3. The number of carbonyl (C=O) groups excluding carboxylic acids is 1. The molecule has 1 amide bonds. The predicted molar refractivity (Wildman–Crippen MR) is 110 cm³/mol. The molecule has 13 heteroatoms. The molecular formula is C19H14N8O5. The van der Waals surface area contributed by atoms with Crippen LogP contribution in [0.15, 0.2) is 39.9 Å². The smallest absolute Gasteiger partial charge is 0.314 e. The fraction of sp³-hybridized carbons (Fsp3) is 0.158. The van der Waals surface area contributed by atoms with Crippen molar-refractivity contribution in [3.8, 4) is 11.4 Å². The standard InChI is InChI=1S/C19H14N8O5/c28-17-18(29)21-15-12-8-26(6-5-9(12)14(27(31)32)7-13(15)20-17)19(30)11-4-2-1-3-10(11)16-22-24-25-23-16/h1-4,7H,5-6,8H2,(H,20,28)(H,21,29)(H,22,23,24,25). The van der Waals surface area contributed by atoms with E-state index in [9.17, 15) is 24.5 Å². The van der Waals surface area contributed by atoms with Crippen LogP contribution in [-0.2, 0) is 13.0 Å². The number of nitro groups is 1. The van der Waals surface area contributed by atoms with Gasteiger partial charge in [0.25, 0.3) is 11.6 Å². The number of nitrogens with zero attached hydrogens (tertiary/aromatic N) is 5. The maximum atomic E-state index is 13.4. The molecule has 5 rings (SSSR count). The van der Waals surface area contributed by atoms with Crippen molar-refractivity contribution in [2.75, 3.05) is 6.54 Å². The van der Waals surface area contributed by atoms with E-state index in [-0.39, 0.29) is 48.0 Å². The van der Waals surface area contributed by atoms with E-state index in [1.54, 1.807) is 24.3 Å². The summed E-state index contributed by atoms with van der Waals surface area (Å²) in [6, 6.07) is 8.00. The van der Waals surface area contributed by atoms with Crippen LogP contribution in [-0.4, -0.2) is 52.9 Å². The van der Waals surface area contributed by atoms with Gasteiger partial charge in [0, 0.05) is 35.8 Å². The number of hydrogen-bond donors (Lipinski definition) is 3. The Labute approximate surface area is 177 Å². The molecule has 0 aliphatic carbocycles. The van der Waals surface area contributed by atoms with Gasteiger partial charge >= 0.3 is 11.1 Å². The Kier molecular flexibility index (Phi) is 4.36. The molecule has 0 radical (unpaired) electrons. The summed E-state index contributed by atoms with van der Waals surface area (Å²) in [6.07, 6.45) is 0.207. The molecule has 3 heterocycles. The van der Waals surface area contributed by atoms with E-state index in [1.165, 1.54) is 11.0 Å². The van der Waals surface area contributed by atoms with Gasteiger partial charge in [0.15, 0.2) is 0 Å². The lowest BCUT2D eigenvalue weighted by Gasteiger charge is -2.29. The minimum Gasteiger partial charge on any atom is -0.334 e. The van der Waals surface area contributed by atoms with Crippen LogP contribution in [0.3, 0.4) is 0 Å². The molecule has 1 aliphatic heterocycles. The molecule has 0 saturated carbocycles. The summed E-state index contributed by atoms with van der Waals surface area (Å²) in [4.78, 5) is 54.5. The average molecular weight is 434 g/mol. The lowest BCUT2D eigenvalue weighted by atomic mass is 9.95. The summed E-state index contributed by atoms with van der Waals surface area (Å²) in [5.41, 5.74) is 0.0896. The third-order valence-electron chi connectivity index (χ3n) is 5.43. The molecule has 1 aliphatic rings. The Balaban J connectivity index is 1.62. The topological polar surface area (TPSA) is 184 Å². The molecule has 2 aromatic carbocycles. The van der Waals surface area contributed by atoms with Gasteiger partial charge in [0.1, 0.15) is 0 Å². The Morgan fingerprint density at radius 1 is 1.12 bits per heavy atom. The lowest BCUT2D eigenvalue weighted by Crippen LogP contribution is -2.37. The highest BCUT2D eigenvalue weighted by Gasteiger charge is 2.31. The zero-order chi connectivity index (χ0) is 22.4. The van der Waals surface area contributed by atoms with Gasteiger partial charge in [-0.25, -0.2) is 0 Å². The third-order valence-corrected chi connectivity index (χ3v) is 5.43. The Morgan fingerprint density at radius 2 is 1.91 bits per heavy atom. The number of nitrogens with one attached hydrogen (secondary N) is 3. The zero-order valence-electron chi connectivity index (χ0n) is 16.3. The van der Waals surface area contributed by atoms with E-state index >= 15 is 0 Å². The first kappa shape index (κ1) is 19.3. The van der Waals surface area contributed by atoms with Crippen LogP contribution in [0.25, 0.3) is 22.4 Å². The first-order chi connectivity index (χ1) is 15.4. The average Bonchev–Trinajstić information content (AvgIpc) is 3.33. The molecule has 2 aromatic heterocycles. The summed E-state index contributed by atoms with van der Waals surface area (Å²) in [6.45, 7) is 0.237. The van der Waals surface area contributed by atoms with Gasteiger partial charge in [0.05, 0.1) is 21.5 Å². The molecule has 160 valence electrons. The number of carbonyl (C=O) groups is 1. The molecule has 13 nitrogen and oxygen atoms in total. The summed E-state index contributed by atoms with van der Waals surface area (Å²) >= 11 is 0. The van der Waals surface area contributed by atoms with Gasteiger partial charge in [-0.2, -0.15) is 5.21 Å². The molecular weight excluding hydrogens is 420 g/mol. The second-order valence-electron chi connectivity index (χ2n) is 7.20. The number of hydrogen-bond acceptors (Lipinski definition) is 8. The molecule has 32 heavy (non-hydrogen) atoms. The fourth-order valence-electron chi connectivity index (χ4n) is 3.97. The second kappa shape index (κ2) is 7.23. The van der Waals surface area contributed by atoms with Crippen LogP contribution < -0.4 is 11.1 Å². The highest BCUT2D eigenvalue weighted by Crippen LogP contribution is 2.33. The van der Waals surface area contributed by atoms with Crippen molar-refractivity contribution in [1.29, 1.82) is 0 Å². The number of rotatable bonds is 3. The van der Waals surface area contributed by atoms with Crippen LogP contribution in [0.1, 0.15) is 21.5 Å². The highest BCUT2D eigenvalue weighted by molar-refractivity contribution is 6.00. The normalized spacial score (nSPS) is 13.2. The quantitative estimate of drug-likeness (QED) is 0.236. The van der Waals surface area contributed by atoms with E-state index in [1.807, 2.05) is 0 Å². The predicted octanol–water partition coefficient (Wildman–Crippen LogP) is 0.503. The van der Waals surface area contributed by atoms with E-state index in [0.29, 0.717) is 22.3 Å². The van der Waals surface area contributed by atoms with Crippen LogP contribution >= 0.6 is 0 Å². The molecule has 4 aromatic rings. The van der Waals surface area contributed by atoms with Gasteiger partial charge in [-0.3, -0.25) is 24.5 Å². The minimum atomic E-state index is -0.912. The number of aromatic nitrogens is 6. The second-order valence-corrected chi connectivity index (χ2v) is 7.20. The van der Waals surface area contributed by atoms with Crippen molar-refractivity contribution in [2.45, 2.75) is 13.0 Å². The number of aromatic amines is 3. The number of H-pyrrole nitrogens is 3. The highest BCUT2D eigenvalue weighted by atomic mass is 16.6. The third kappa shape index (κ3) is 3.03. The molecule has 0 fully saturated rings. The summed E-state index contributed by atoms with van der Waals surface area (Å²) < 4.78 is 0. The van der Waals surface area contributed by atoms with E-state index < -0.39 is 16.0 Å². The SMILES string of the molecule is O=C(c1ccccc1-c1nn[nH]n1)N1CCc2c([N+](=O)[O-])cc3[nH]c(=O)c(=O)[nH]c3c2C1. The summed E-state index contributed by atoms with van der Waals surface area (Å²) in [5, 5.41) is 25.4. The molecule has 0 spiro atoms. The van der Waals surface area contributed by atoms with Crippen molar-refractivity contribution >= 4 is 22.6 Å². The Bertz CT molecular complexity index is 1500. The maximum absolute atomic E-state index is 13.4. The van der Waals surface area contributed by atoms with E-state index in [4.69, 9.17) is 0 Å². The van der Waals surface area contributed by atoms with E-state index in [0.717, 1.165) is 0 Å². The van der Waals surface area contributed by atoms with Crippen LogP contribution in [0, 0.1) is 10.1 Å². The molecule has 0 unspecified atom stereocenters. The lowest BCUT2D eigenvalue weighted by molar-refractivity contribution is -0.385. The largest absolute Gasteiger partial charge is 0.334 e.